The van der Waals surface area contributed by atoms with E-state index in [1.54, 1.807) is 13.0 Å². The molecular formula is C12H13NO2. The van der Waals surface area contributed by atoms with Crippen LogP contribution in [0.15, 0.2) is 36.4 Å². The minimum Gasteiger partial charge on any atom is -0.397 e. The number of hydrogen-bond acceptors (Lipinski definition) is 3. The summed E-state index contributed by atoms with van der Waals surface area (Å²) < 4.78 is 0. The molecule has 0 atom stereocenters. The highest BCUT2D eigenvalue weighted by Gasteiger charge is 1.94. The van der Waals surface area contributed by atoms with Gasteiger partial charge in [0.25, 0.3) is 0 Å². The Balaban J connectivity index is 0.000000337. The fraction of sp³-hybridized carbons (Fsp3) is 0.167. The van der Waals surface area contributed by atoms with E-state index < -0.39 is 0 Å². The van der Waals surface area contributed by atoms with Crippen LogP contribution in [-0.4, -0.2) is 23.0 Å². The summed E-state index contributed by atoms with van der Waals surface area (Å²) in [6.07, 6.45) is 0.756. The van der Waals surface area contributed by atoms with Crippen molar-refractivity contribution < 1.29 is 9.90 Å². The number of hydrogen-bond donors (Lipinski definition) is 1. The molecular weight excluding hydrogens is 190 g/mol. The minimum absolute atomic E-state index is 0.250. The van der Waals surface area contributed by atoms with Gasteiger partial charge in [-0.3, -0.25) is 4.79 Å². The van der Waals surface area contributed by atoms with Gasteiger partial charge < -0.3 is 5.11 Å². The molecule has 0 saturated carbocycles. The van der Waals surface area contributed by atoms with Gasteiger partial charge in [-0.15, -0.1) is 0 Å². The zero-order chi connectivity index (χ0) is 11.1. The number of fused-ring (bicyclic) bond motifs is 1. The van der Waals surface area contributed by atoms with Crippen LogP contribution in [0.5, 0.6) is 0 Å². The third-order valence-corrected chi connectivity index (χ3v) is 1.74. The Labute approximate surface area is 88.4 Å². The van der Waals surface area contributed by atoms with Crippen molar-refractivity contribution in [1.82, 2.24) is 4.98 Å². The molecule has 0 bridgehead atoms. The fourth-order valence-electron chi connectivity index (χ4n) is 1.15. The first-order valence-corrected chi connectivity index (χ1v) is 4.73. The first kappa shape index (κ1) is 11.3. The van der Waals surface area contributed by atoms with Gasteiger partial charge in [-0.05, 0) is 19.1 Å². The Hall–Kier alpha value is -1.74. The first-order valence-electron chi connectivity index (χ1n) is 4.73. The fourth-order valence-corrected chi connectivity index (χ4v) is 1.15. The van der Waals surface area contributed by atoms with Gasteiger partial charge in [0.15, 0.2) is 6.29 Å². The van der Waals surface area contributed by atoms with Crippen LogP contribution < -0.4 is 0 Å². The van der Waals surface area contributed by atoms with Crippen LogP contribution in [0.1, 0.15) is 17.4 Å². The van der Waals surface area contributed by atoms with Gasteiger partial charge in [0.05, 0.1) is 5.52 Å². The number of aromatic nitrogens is 1. The van der Waals surface area contributed by atoms with Crippen molar-refractivity contribution in [2.75, 3.05) is 6.61 Å². The first-order chi connectivity index (χ1) is 7.31. The second-order valence-electron chi connectivity index (χ2n) is 2.86. The van der Waals surface area contributed by atoms with Crippen LogP contribution in [0.25, 0.3) is 10.9 Å². The van der Waals surface area contributed by atoms with Crippen molar-refractivity contribution in [1.29, 1.82) is 0 Å². The zero-order valence-electron chi connectivity index (χ0n) is 8.55. The van der Waals surface area contributed by atoms with Crippen LogP contribution >= 0.6 is 0 Å². The molecule has 78 valence electrons. The van der Waals surface area contributed by atoms with Crippen molar-refractivity contribution >= 4 is 17.2 Å². The van der Waals surface area contributed by atoms with E-state index in [4.69, 9.17) is 5.11 Å². The van der Waals surface area contributed by atoms with E-state index in [0.29, 0.717) is 5.69 Å². The van der Waals surface area contributed by atoms with Crippen LogP contribution in [-0.2, 0) is 0 Å². The van der Waals surface area contributed by atoms with Gasteiger partial charge in [0.2, 0.25) is 0 Å². The normalized spacial score (nSPS) is 9.20. The van der Waals surface area contributed by atoms with Gasteiger partial charge in [-0.2, -0.15) is 0 Å². The number of rotatable bonds is 1. The molecule has 0 aliphatic carbocycles. The molecule has 1 N–H and O–H groups in total. The Morgan fingerprint density at radius 1 is 1.27 bits per heavy atom. The minimum atomic E-state index is 0.250. The summed E-state index contributed by atoms with van der Waals surface area (Å²) in [5.41, 5.74) is 1.34. The molecule has 3 nitrogen and oxygen atoms in total. The highest BCUT2D eigenvalue weighted by molar-refractivity contribution is 5.83. The van der Waals surface area contributed by atoms with E-state index in [1.807, 2.05) is 30.3 Å². The molecule has 0 unspecified atom stereocenters. The third-order valence-electron chi connectivity index (χ3n) is 1.74. The second-order valence-corrected chi connectivity index (χ2v) is 2.86. The second kappa shape index (κ2) is 5.88. The molecule has 0 aliphatic heterocycles. The Kier molecular flexibility index (Phi) is 4.44. The standard InChI is InChI=1S/C10H7NO.C2H6O/c12-7-9-6-5-8-3-1-2-4-10(8)11-9;1-2-3/h1-7H;3H,2H2,1H3. The van der Waals surface area contributed by atoms with Crippen molar-refractivity contribution in [3.05, 3.63) is 42.1 Å². The molecule has 1 aromatic carbocycles. The summed E-state index contributed by atoms with van der Waals surface area (Å²) in [6, 6.07) is 11.3. The monoisotopic (exact) mass is 203 g/mol. The topological polar surface area (TPSA) is 50.2 Å². The number of carbonyl (C=O) groups is 1. The van der Waals surface area contributed by atoms with Gasteiger partial charge in [0, 0.05) is 12.0 Å². The highest BCUT2D eigenvalue weighted by atomic mass is 16.2. The lowest BCUT2D eigenvalue weighted by molar-refractivity contribution is 0.111. The predicted molar refractivity (Wildman–Crippen MR) is 59.9 cm³/mol. The van der Waals surface area contributed by atoms with E-state index in [-0.39, 0.29) is 6.61 Å². The number of benzene rings is 1. The molecule has 0 radical (unpaired) electrons. The van der Waals surface area contributed by atoms with Gasteiger partial charge >= 0.3 is 0 Å². The summed E-state index contributed by atoms with van der Waals surface area (Å²) in [4.78, 5) is 14.5. The molecule has 0 fully saturated rings. The van der Waals surface area contributed by atoms with Gasteiger partial charge in [-0.25, -0.2) is 4.98 Å². The molecule has 3 heteroatoms. The largest absolute Gasteiger partial charge is 0.397 e. The van der Waals surface area contributed by atoms with Crippen molar-refractivity contribution in [3.8, 4) is 0 Å². The van der Waals surface area contributed by atoms with E-state index in [2.05, 4.69) is 4.98 Å². The summed E-state index contributed by atoms with van der Waals surface area (Å²) in [6.45, 7) is 1.93. The SMILES string of the molecule is CCO.O=Cc1ccc2ccccc2n1. The van der Waals surface area contributed by atoms with Crippen molar-refractivity contribution in [2.45, 2.75) is 6.92 Å². The quantitative estimate of drug-likeness (QED) is 0.721. The molecule has 0 saturated heterocycles. The Morgan fingerprint density at radius 2 is 1.93 bits per heavy atom. The average molecular weight is 203 g/mol. The lowest BCUT2D eigenvalue weighted by atomic mass is 10.2. The molecule has 0 amide bonds. The average Bonchev–Trinajstić information content (AvgIpc) is 2.29. The van der Waals surface area contributed by atoms with Crippen LogP contribution in [0.2, 0.25) is 0 Å². The zero-order valence-corrected chi connectivity index (χ0v) is 8.55. The van der Waals surface area contributed by atoms with Crippen LogP contribution in [0.3, 0.4) is 0 Å². The number of pyridine rings is 1. The smallest absolute Gasteiger partial charge is 0.168 e. The Bertz CT molecular complexity index is 440. The number of para-hydroxylation sites is 1. The van der Waals surface area contributed by atoms with E-state index in [1.165, 1.54) is 0 Å². The lowest BCUT2D eigenvalue weighted by Gasteiger charge is -1.95. The third kappa shape index (κ3) is 3.14. The number of carbonyl (C=O) groups excluding carboxylic acids is 1. The van der Waals surface area contributed by atoms with Gasteiger partial charge in [0.1, 0.15) is 5.69 Å². The molecule has 1 heterocycles. The number of nitrogens with zero attached hydrogens (tertiary/aromatic N) is 1. The maximum Gasteiger partial charge on any atom is 0.168 e. The van der Waals surface area contributed by atoms with E-state index in [9.17, 15) is 4.79 Å². The maximum absolute atomic E-state index is 10.4. The predicted octanol–water partition coefficient (Wildman–Crippen LogP) is 2.05. The number of aliphatic hydroxyl groups is 1. The Morgan fingerprint density at radius 3 is 2.60 bits per heavy atom. The van der Waals surface area contributed by atoms with E-state index >= 15 is 0 Å². The molecule has 0 spiro atoms. The maximum atomic E-state index is 10.4. The van der Waals surface area contributed by atoms with Gasteiger partial charge in [-0.1, -0.05) is 24.3 Å². The molecule has 1 aromatic heterocycles. The van der Waals surface area contributed by atoms with E-state index in [0.717, 1.165) is 17.2 Å². The lowest BCUT2D eigenvalue weighted by Crippen LogP contribution is -1.85. The molecule has 2 aromatic rings. The molecule has 15 heavy (non-hydrogen) atoms. The highest BCUT2D eigenvalue weighted by Crippen LogP contribution is 2.10. The molecule has 2 rings (SSSR count). The molecule has 0 aliphatic rings. The summed E-state index contributed by atoms with van der Waals surface area (Å²) in [5.74, 6) is 0. The van der Waals surface area contributed by atoms with Crippen molar-refractivity contribution in [3.63, 3.8) is 0 Å². The summed E-state index contributed by atoms with van der Waals surface area (Å²) in [7, 11) is 0. The van der Waals surface area contributed by atoms with Crippen molar-refractivity contribution in [2.24, 2.45) is 0 Å². The number of aliphatic hydroxyl groups excluding tert-OH is 1. The van der Waals surface area contributed by atoms with Crippen LogP contribution in [0.4, 0.5) is 0 Å². The van der Waals surface area contributed by atoms with Crippen LogP contribution in [0, 0.1) is 0 Å². The number of aldehydes is 1. The summed E-state index contributed by atoms with van der Waals surface area (Å²) in [5, 5.41) is 8.63. The summed E-state index contributed by atoms with van der Waals surface area (Å²) >= 11 is 0.